The number of pyridine rings is 2. The topological polar surface area (TPSA) is 73.4 Å². The number of rotatable bonds is 6. The summed E-state index contributed by atoms with van der Waals surface area (Å²) >= 11 is 3.23. The monoisotopic (exact) mass is 374 g/mol. The van der Waals surface area contributed by atoms with E-state index in [-0.39, 0.29) is 0 Å². The lowest BCUT2D eigenvalue weighted by molar-refractivity contribution is 1.12. The van der Waals surface area contributed by atoms with E-state index >= 15 is 0 Å². The van der Waals surface area contributed by atoms with Gasteiger partial charge in [0.2, 0.25) is 0 Å². The minimum atomic E-state index is 0.625. The highest BCUT2D eigenvalue weighted by Crippen LogP contribution is 2.25. The van der Waals surface area contributed by atoms with Gasteiger partial charge < -0.3 is 0 Å². The lowest BCUT2D eigenvalue weighted by atomic mass is 10.2. The highest BCUT2D eigenvalue weighted by atomic mass is 32.2. The van der Waals surface area contributed by atoms with Gasteiger partial charge in [-0.05, 0) is 35.4 Å². The molecule has 2 heterocycles. The van der Waals surface area contributed by atoms with Gasteiger partial charge in [-0.15, -0.1) is 23.5 Å². The average Bonchev–Trinajstić information content (AvgIpc) is 2.71. The molecule has 0 spiro atoms. The Kier molecular flexibility index (Phi) is 6.27. The summed E-state index contributed by atoms with van der Waals surface area (Å²) in [6.45, 7) is 0. The Balaban J connectivity index is 1.61. The Morgan fingerprint density at radius 2 is 1.23 bits per heavy atom. The van der Waals surface area contributed by atoms with Crippen molar-refractivity contribution in [1.82, 2.24) is 9.97 Å². The molecule has 0 radical (unpaired) electrons. The molecule has 2 aromatic heterocycles. The van der Waals surface area contributed by atoms with Crippen LogP contribution in [-0.2, 0) is 11.5 Å². The number of benzene rings is 1. The summed E-state index contributed by atoms with van der Waals surface area (Å²) in [7, 11) is 0. The largest absolute Gasteiger partial charge is 0.250 e. The third kappa shape index (κ3) is 5.10. The van der Waals surface area contributed by atoms with Gasteiger partial charge in [0.05, 0.1) is 33.3 Å². The van der Waals surface area contributed by atoms with Crippen LogP contribution >= 0.6 is 23.5 Å². The van der Waals surface area contributed by atoms with Crippen LogP contribution in [0.5, 0.6) is 0 Å². The fourth-order valence-corrected chi connectivity index (χ4v) is 3.92. The van der Waals surface area contributed by atoms with Crippen molar-refractivity contribution in [1.29, 1.82) is 10.5 Å². The molecule has 126 valence electrons. The van der Waals surface area contributed by atoms with Crippen LogP contribution in [0.4, 0.5) is 0 Å². The van der Waals surface area contributed by atoms with Gasteiger partial charge >= 0.3 is 0 Å². The molecule has 26 heavy (non-hydrogen) atoms. The molecule has 0 aliphatic heterocycles. The van der Waals surface area contributed by atoms with Crippen molar-refractivity contribution >= 4 is 23.5 Å². The van der Waals surface area contributed by atoms with Crippen molar-refractivity contribution < 1.29 is 0 Å². The highest BCUT2D eigenvalue weighted by Gasteiger charge is 2.03. The SMILES string of the molecule is N#Cc1ccnc(SCc2cccc(CSc3cc(C#N)ccn3)c2)c1. The van der Waals surface area contributed by atoms with Gasteiger partial charge in [-0.2, -0.15) is 10.5 Å². The molecule has 0 bridgehead atoms. The van der Waals surface area contributed by atoms with Gasteiger partial charge in [-0.25, -0.2) is 9.97 Å². The molecule has 0 aliphatic rings. The van der Waals surface area contributed by atoms with Crippen LogP contribution in [0.15, 0.2) is 71.0 Å². The molecule has 0 atom stereocenters. The van der Waals surface area contributed by atoms with Crippen molar-refractivity contribution in [2.45, 2.75) is 21.6 Å². The molecule has 6 heteroatoms. The fraction of sp³-hybridized carbons (Fsp3) is 0.100. The third-order valence-electron chi connectivity index (χ3n) is 3.49. The van der Waals surface area contributed by atoms with E-state index in [0.29, 0.717) is 11.1 Å². The molecule has 3 rings (SSSR count). The van der Waals surface area contributed by atoms with E-state index in [1.54, 1.807) is 60.2 Å². The molecule has 0 unspecified atom stereocenters. The molecule has 0 amide bonds. The van der Waals surface area contributed by atoms with Gasteiger partial charge in [-0.1, -0.05) is 24.3 Å². The summed E-state index contributed by atoms with van der Waals surface area (Å²) in [6, 6.07) is 19.7. The summed E-state index contributed by atoms with van der Waals surface area (Å²) < 4.78 is 0. The van der Waals surface area contributed by atoms with Gasteiger partial charge in [0.25, 0.3) is 0 Å². The van der Waals surface area contributed by atoms with Crippen LogP contribution in [0.25, 0.3) is 0 Å². The predicted molar refractivity (Wildman–Crippen MR) is 103 cm³/mol. The zero-order valence-electron chi connectivity index (χ0n) is 13.8. The van der Waals surface area contributed by atoms with Crippen LogP contribution in [-0.4, -0.2) is 9.97 Å². The Hall–Kier alpha value is -2.80. The van der Waals surface area contributed by atoms with Gasteiger partial charge in [-0.3, -0.25) is 0 Å². The van der Waals surface area contributed by atoms with Crippen LogP contribution < -0.4 is 0 Å². The van der Waals surface area contributed by atoms with Crippen molar-refractivity contribution in [2.75, 3.05) is 0 Å². The minimum Gasteiger partial charge on any atom is -0.250 e. The Morgan fingerprint density at radius 3 is 1.69 bits per heavy atom. The van der Waals surface area contributed by atoms with Crippen molar-refractivity contribution in [2.24, 2.45) is 0 Å². The Labute approximate surface area is 160 Å². The van der Waals surface area contributed by atoms with Crippen LogP contribution in [0.1, 0.15) is 22.3 Å². The quantitative estimate of drug-likeness (QED) is 0.577. The number of thioether (sulfide) groups is 2. The number of hydrogen-bond acceptors (Lipinski definition) is 6. The molecule has 0 saturated carbocycles. The Bertz CT molecular complexity index is 913. The zero-order chi connectivity index (χ0) is 18.2. The van der Waals surface area contributed by atoms with E-state index in [2.05, 4.69) is 40.3 Å². The average molecular weight is 374 g/mol. The number of aromatic nitrogens is 2. The first-order valence-electron chi connectivity index (χ1n) is 7.82. The van der Waals surface area contributed by atoms with Crippen molar-refractivity contribution in [3.8, 4) is 12.1 Å². The van der Waals surface area contributed by atoms with E-state index < -0.39 is 0 Å². The highest BCUT2D eigenvalue weighted by molar-refractivity contribution is 7.98. The van der Waals surface area contributed by atoms with E-state index in [9.17, 15) is 0 Å². The standard InChI is InChI=1S/C20H14N4S2/c21-11-15-4-6-23-19(9-15)25-13-17-2-1-3-18(8-17)14-26-20-10-16(12-22)5-7-24-20/h1-10H,13-14H2. The van der Waals surface area contributed by atoms with Gasteiger partial charge in [0.1, 0.15) is 0 Å². The Morgan fingerprint density at radius 1 is 0.731 bits per heavy atom. The number of nitrogens with zero attached hydrogens (tertiary/aromatic N) is 4. The summed E-state index contributed by atoms with van der Waals surface area (Å²) in [5.41, 5.74) is 3.66. The van der Waals surface area contributed by atoms with Crippen LogP contribution in [0.3, 0.4) is 0 Å². The van der Waals surface area contributed by atoms with Crippen LogP contribution in [0, 0.1) is 22.7 Å². The normalized spacial score (nSPS) is 10.1. The van der Waals surface area contributed by atoms with Gasteiger partial charge in [0.15, 0.2) is 0 Å². The first-order valence-corrected chi connectivity index (χ1v) is 9.79. The summed E-state index contributed by atoms with van der Waals surface area (Å²) in [6.07, 6.45) is 3.33. The smallest absolute Gasteiger partial charge is 0.0993 e. The summed E-state index contributed by atoms with van der Waals surface area (Å²) in [5.74, 6) is 1.59. The third-order valence-corrected chi connectivity index (χ3v) is 5.49. The second-order valence-corrected chi connectivity index (χ2v) is 7.38. The zero-order valence-corrected chi connectivity index (χ0v) is 15.4. The minimum absolute atomic E-state index is 0.625. The van der Waals surface area contributed by atoms with Gasteiger partial charge in [0, 0.05) is 23.9 Å². The van der Waals surface area contributed by atoms with Crippen molar-refractivity contribution in [3.05, 3.63) is 83.2 Å². The van der Waals surface area contributed by atoms with E-state index in [4.69, 9.17) is 10.5 Å². The molecule has 0 saturated heterocycles. The molecule has 0 aliphatic carbocycles. The number of hydrogen-bond donors (Lipinski definition) is 0. The molecule has 0 N–H and O–H groups in total. The van der Waals surface area contributed by atoms with E-state index in [1.165, 1.54) is 11.1 Å². The van der Waals surface area contributed by atoms with Crippen LogP contribution in [0.2, 0.25) is 0 Å². The summed E-state index contributed by atoms with van der Waals surface area (Å²) in [4.78, 5) is 8.58. The lowest BCUT2D eigenvalue weighted by Crippen LogP contribution is -1.88. The molecule has 1 aromatic carbocycles. The molecule has 0 fully saturated rings. The predicted octanol–water partition coefficient (Wildman–Crippen LogP) is 4.80. The fourth-order valence-electron chi connectivity index (χ4n) is 2.24. The summed E-state index contributed by atoms with van der Waals surface area (Å²) in [5, 5.41) is 19.6. The van der Waals surface area contributed by atoms with Crippen molar-refractivity contribution in [3.63, 3.8) is 0 Å². The second-order valence-electron chi connectivity index (χ2n) is 5.39. The molecule has 3 aromatic rings. The first-order chi connectivity index (χ1) is 12.8. The lowest BCUT2D eigenvalue weighted by Gasteiger charge is -2.06. The first kappa shape index (κ1) is 18.0. The maximum atomic E-state index is 8.96. The molecular weight excluding hydrogens is 360 g/mol. The maximum absolute atomic E-state index is 8.96. The van der Waals surface area contributed by atoms with E-state index in [0.717, 1.165) is 21.6 Å². The second kappa shape index (κ2) is 9.05. The number of nitriles is 2. The molecular formula is C20H14N4S2. The molecule has 4 nitrogen and oxygen atoms in total. The maximum Gasteiger partial charge on any atom is 0.0993 e. The van der Waals surface area contributed by atoms with E-state index in [1.807, 2.05) is 6.07 Å².